The summed E-state index contributed by atoms with van der Waals surface area (Å²) in [5.74, 6) is -0.930. The Balaban J connectivity index is 1.10. The number of likely N-dealkylation sites (tertiary alicyclic amines) is 1. The minimum atomic E-state index is -0.301. The summed E-state index contributed by atoms with van der Waals surface area (Å²) < 4.78 is 0. The quantitative estimate of drug-likeness (QED) is 0.477. The van der Waals surface area contributed by atoms with Crippen molar-refractivity contribution in [3.63, 3.8) is 0 Å². The van der Waals surface area contributed by atoms with Crippen LogP contribution in [0, 0.1) is 11.8 Å². The number of aromatic nitrogens is 2. The van der Waals surface area contributed by atoms with Crippen molar-refractivity contribution in [3.05, 3.63) is 23.8 Å². The first-order chi connectivity index (χ1) is 15.5. The first kappa shape index (κ1) is 22.3. The molecule has 0 spiro atoms. The molecule has 0 aromatic carbocycles. The predicted molar refractivity (Wildman–Crippen MR) is 114 cm³/mol. The van der Waals surface area contributed by atoms with Gasteiger partial charge in [0.25, 0.3) is 0 Å². The number of imide groups is 1. The second kappa shape index (κ2) is 10.2. The standard InChI is InChI=1S/C22H30N6O4/c29-19(9-14-10-20(30)27-21(31)11-14)26-16-1-6-28(7-2-16)8-5-25-22(32)15-12-17-18(13-15)24-4-3-23-17/h3-4,14-16H,1-2,5-13H2,(H,25,32)(H,26,29)(H,27,30,31). The second-order valence-electron chi connectivity index (χ2n) is 8.98. The SMILES string of the molecule is O=C1CC(CC(=O)NC2CCN(CCNC(=O)C3Cc4nccnc4C3)CC2)CC(=O)N1. The predicted octanol–water partition coefficient (Wildman–Crippen LogP) is -0.669. The van der Waals surface area contributed by atoms with Gasteiger partial charge in [0.15, 0.2) is 0 Å². The number of hydrogen-bond acceptors (Lipinski definition) is 7. The molecule has 0 unspecified atom stereocenters. The Kier molecular flexibility index (Phi) is 7.09. The van der Waals surface area contributed by atoms with E-state index in [0.29, 0.717) is 19.4 Å². The number of fused-ring (bicyclic) bond motifs is 1. The summed E-state index contributed by atoms with van der Waals surface area (Å²) in [4.78, 5) is 58.5. The van der Waals surface area contributed by atoms with Gasteiger partial charge >= 0.3 is 0 Å². The van der Waals surface area contributed by atoms with E-state index in [1.807, 2.05) is 0 Å². The molecule has 2 aliphatic heterocycles. The summed E-state index contributed by atoms with van der Waals surface area (Å²) in [6, 6.07) is 0.110. The topological polar surface area (TPSA) is 133 Å². The third kappa shape index (κ3) is 5.87. The minimum absolute atomic E-state index is 0.0572. The lowest BCUT2D eigenvalue weighted by Gasteiger charge is -2.32. The van der Waals surface area contributed by atoms with E-state index in [1.165, 1.54) is 0 Å². The first-order valence-corrected chi connectivity index (χ1v) is 11.4. The molecule has 172 valence electrons. The van der Waals surface area contributed by atoms with Crippen LogP contribution in [-0.4, -0.2) is 70.7 Å². The highest BCUT2D eigenvalue weighted by Gasteiger charge is 2.30. The maximum atomic E-state index is 12.5. The van der Waals surface area contributed by atoms with Crippen molar-refractivity contribution in [1.29, 1.82) is 0 Å². The average molecular weight is 443 g/mol. The van der Waals surface area contributed by atoms with E-state index >= 15 is 0 Å². The summed E-state index contributed by atoms with van der Waals surface area (Å²) in [5.41, 5.74) is 1.85. The van der Waals surface area contributed by atoms with E-state index in [0.717, 1.165) is 43.9 Å². The molecular weight excluding hydrogens is 412 g/mol. The number of amides is 4. The Bertz CT molecular complexity index is 842. The van der Waals surface area contributed by atoms with Gasteiger partial charge in [-0.15, -0.1) is 0 Å². The molecule has 10 heteroatoms. The van der Waals surface area contributed by atoms with E-state index < -0.39 is 0 Å². The number of rotatable bonds is 7. The third-order valence-corrected chi connectivity index (χ3v) is 6.49. The number of nitrogens with one attached hydrogen (secondary N) is 3. The van der Waals surface area contributed by atoms with Crippen molar-refractivity contribution in [2.24, 2.45) is 11.8 Å². The minimum Gasteiger partial charge on any atom is -0.355 e. The Morgan fingerprint density at radius 2 is 1.62 bits per heavy atom. The lowest BCUT2D eigenvalue weighted by Crippen LogP contribution is -2.47. The van der Waals surface area contributed by atoms with Gasteiger partial charge in [0, 0.05) is 82.6 Å². The Labute approximate surface area is 186 Å². The van der Waals surface area contributed by atoms with Gasteiger partial charge in [0.1, 0.15) is 0 Å². The molecule has 0 atom stereocenters. The maximum absolute atomic E-state index is 12.5. The molecule has 0 saturated carbocycles. The second-order valence-corrected chi connectivity index (χ2v) is 8.98. The normalized spacial score (nSPS) is 20.6. The zero-order valence-corrected chi connectivity index (χ0v) is 18.1. The summed E-state index contributed by atoms with van der Waals surface area (Å²) in [6.07, 6.45) is 6.99. The van der Waals surface area contributed by atoms with E-state index in [1.54, 1.807) is 12.4 Å². The van der Waals surface area contributed by atoms with Gasteiger partial charge in [-0.1, -0.05) is 0 Å². The zero-order valence-electron chi connectivity index (χ0n) is 18.1. The molecule has 1 aromatic rings. The molecule has 3 N–H and O–H groups in total. The number of hydrogen-bond donors (Lipinski definition) is 3. The Hall–Kier alpha value is -2.88. The third-order valence-electron chi connectivity index (χ3n) is 6.49. The Morgan fingerprint density at radius 1 is 1.00 bits per heavy atom. The van der Waals surface area contributed by atoms with Gasteiger partial charge in [0.2, 0.25) is 23.6 Å². The molecule has 3 aliphatic rings. The highest BCUT2D eigenvalue weighted by molar-refractivity contribution is 5.98. The molecule has 0 radical (unpaired) electrons. The van der Waals surface area contributed by atoms with Crippen LogP contribution in [0.2, 0.25) is 0 Å². The van der Waals surface area contributed by atoms with Gasteiger partial charge in [0.05, 0.1) is 11.4 Å². The lowest BCUT2D eigenvalue weighted by atomic mass is 9.93. The summed E-state index contributed by atoms with van der Waals surface area (Å²) in [6.45, 7) is 3.09. The molecule has 3 heterocycles. The van der Waals surface area contributed by atoms with Gasteiger partial charge in [-0.2, -0.15) is 0 Å². The number of carbonyl (C=O) groups excluding carboxylic acids is 4. The molecule has 32 heavy (non-hydrogen) atoms. The van der Waals surface area contributed by atoms with Crippen LogP contribution >= 0.6 is 0 Å². The zero-order chi connectivity index (χ0) is 22.5. The molecule has 2 saturated heterocycles. The molecule has 10 nitrogen and oxygen atoms in total. The van der Waals surface area contributed by atoms with Crippen molar-refractivity contribution in [2.45, 2.75) is 51.0 Å². The average Bonchev–Trinajstić information content (AvgIpc) is 3.18. The fraction of sp³-hybridized carbons (Fsp3) is 0.636. The van der Waals surface area contributed by atoms with Gasteiger partial charge in [-0.25, -0.2) is 0 Å². The summed E-state index contributed by atoms with van der Waals surface area (Å²) in [7, 11) is 0. The lowest BCUT2D eigenvalue weighted by molar-refractivity contribution is -0.135. The van der Waals surface area contributed by atoms with Crippen LogP contribution in [0.15, 0.2) is 12.4 Å². The van der Waals surface area contributed by atoms with Crippen molar-refractivity contribution in [2.75, 3.05) is 26.2 Å². The van der Waals surface area contributed by atoms with Crippen molar-refractivity contribution in [1.82, 2.24) is 30.8 Å². The van der Waals surface area contributed by atoms with E-state index in [-0.39, 0.29) is 60.8 Å². The fourth-order valence-electron chi connectivity index (χ4n) is 4.79. The van der Waals surface area contributed by atoms with E-state index in [4.69, 9.17) is 0 Å². The molecular formula is C22H30N6O4. The van der Waals surface area contributed by atoms with Gasteiger partial charge in [-0.05, 0) is 18.8 Å². The van der Waals surface area contributed by atoms with Crippen LogP contribution < -0.4 is 16.0 Å². The van der Waals surface area contributed by atoms with Crippen LogP contribution in [0.4, 0.5) is 0 Å². The summed E-state index contributed by atoms with van der Waals surface area (Å²) in [5, 5.41) is 8.35. The van der Waals surface area contributed by atoms with Crippen molar-refractivity contribution >= 4 is 23.6 Å². The molecule has 1 aliphatic carbocycles. The number of carbonyl (C=O) groups is 4. The smallest absolute Gasteiger partial charge is 0.226 e. The van der Waals surface area contributed by atoms with Gasteiger partial charge in [-0.3, -0.25) is 34.5 Å². The molecule has 2 fully saturated rings. The maximum Gasteiger partial charge on any atom is 0.226 e. The number of nitrogens with zero attached hydrogens (tertiary/aromatic N) is 3. The van der Waals surface area contributed by atoms with Crippen LogP contribution in [-0.2, 0) is 32.0 Å². The molecule has 1 aromatic heterocycles. The molecule has 4 rings (SSSR count). The fourth-order valence-corrected chi connectivity index (χ4v) is 4.79. The summed E-state index contributed by atoms with van der Waals surface area (Å²) >= 11 is 0. The van der Waals surface area contributed by atoms with Crippen LogP contribution in [0.5, 0.6) is 0 Å². The largest absolute Gasteiger partial charge is 0.355 e. The van der Waals surface area contributed by atoms with Crippen LogP contribution in [0.25, 0.3) is 0 Å². The number of piperidine rings is 2. The van der Waals surface area contributed by atoms with E-state index in [2.05, 4.69) is 30.8 Å². The van der Waals surface area contributed by atoms with E-state index in [9.17, 15) is 19.2 Å². The van der Waals surface area contributed by atoms with Gasteiger partial charge < -0.3 is 15.5 Å². The van der Waals surface area contributed by atoms with Crippen molar-refractivity contribution < 1.29 is 19.2 Å². The van der Waals surface area contributed by atoms with Crippen molar-refractivity contribution in [3.8, 4) is 0 Å². The molecule has 0 bridgehead atoms. The molecule has 4 amide bonds. The Morgan fingerprint density at radius 3 is 2.25 bits per heavy atom. The highest BCUT2D eigenvalue weighted by Crippen LogP contribution is 2.23. The monoisotopic (exact) mass is 442 g/mol. The first-order valence-electron chi connectivity index (χ1n) is 11.4. The van der Waals surface area contributed by atoms with Crippen LogP contribution in [0.1, 0.15) is 43.5 Å². The highest BCUT2D eigenvalue weighted by atomic mass is 16.2. The van der Waals surface area contributed by atoms with Crippen LogP contribution in [0.3, 0.4) is 0 Å².